The molecular weight excluding hydrogens is 780 g/mol. The summed E-state index contributed by atoms with van der Waals surface area (Å²) in [6.07, 6.45) is 9.99. The van der Waals surface area contributed by atoms with Crippen molar-refractivity contribution in [2.75, 3.05) is 16.7 Å². The van der Waals surface area contributed by atoms with Crippen molar-refractivity contribution in [2.24, 2.45) is 0 Å². The predicted molar refractivity (Wildman–Crippen MR) is 229 cm³/mol. The van der Waals surface area contributed by atoms with Crippen molar-refractivity contribution in [3.8, 4) is 0 Å². The number of carbonyl (C=O) groups is 2. The van der Waals surface area contributed by atoms with E-state index < -0.39 is 54.4 Å². The van der Waals surface area contributed by atoms with Crippen LogP contribution in [0.15, 0.2) is 119 Å². The van der Waals surface area contributed by atoms with E-state index in [0.717, 1.165) is 73.0 Å². The Hall–Kier alpha value is -5.04. The molecular formula is C44H46ClN4O6S2+. The van der Waals surface area contributed by atoms with E-state index in [1.165, 1.54) is 13.8 Å². The number of allylic oxidation sites excluding steroid dienone is 8. The Morgan fingerprint density at radius 2 is 1.35 bits per heavy atom. The van der Waals surface area contributed by atoms with Crippen LogP contribution in [0.25, 0.3) is 21.5 Å². The summed E-state index contributed by atoms with van der Waals surface area (Å²) in [5, 5.41) is 4.68. The molecule has 2 N–H and O–H groups in total. The summed E-state index contributed by atoms with van der Waals surface area (Å²) >= 11 is 7.20. The zero-order valence-corrected chi connectivity index (χ0v) is 35.2. The number of sulfonamides is 2. The molecule has 4 aromatic rings. The fourth-order valence-electron chi connectivity index (χ4n) is 8.76. The molecule has 2 aliphatic heterocycles. The highest BCUT2D eigenvalue weighted by Gasteiger charge is 2.47. The maximum absolute atomic E-state index is 13.2. The fourth-order valence-corrected chi connectivity index (χ4v) is 11.3. The van der Waals surface area contributed by atoms with Crippen molar-refractivity contribution >= 4 is 82.1 Å². The Bertz CT molecular complexity index is 2780. The number of amides is 2. The molecule has 0 saturated carbocycles. The van der Waals surface area contributed by atoms with Crippen LogP contribution in [-0.2, 0) is 40.5 Å². The molecule has 57 heavy (non-hydrogen) atoms. The third-order valence-corrected chi connectivity index (χ3v) is 13.9. The van der Waals surface area contributed by atoms with Gasteiger partial charge in [-0.2, -0.15) is 13.0 Å². The van der Waals surface area contributed by atoms with E-state index in [4.69, 9.17) is 11.6 Å². The summed E-state index contributed by atoms with van der Waals surface area (Å²) in [6, 6.07) is 23.8. The number of hydrogen-bond acceptors (Lipinski definition) is 7. The lowest BCUT2D eigenvalue weighted by Gasteiger charge is -2.27. The molecule has 0 bridgehead atoms. The van der Waals surface area contributed by atoms with Crippen LogP contribution in [0, 0.1) is 0 Å². The molecule has 0 unspecified atom stereocenters. The molecule has 0 atom stereocenters. The quantitative estimate of drug-likeness (QED) is 0.163. The van der Waals surface area contributed by atoms with Crippen LogP contribution in [0.3, 0.4) is 0 Å². The van der Waals surface area contributed by atoms with Gasteiger partial charge in [0, 0.05) is 53.4 Å². The molecule has 13 heteroatoms. The molecule has 0 fully saturated rings. The average Bonchev–Trinajstić information content (AvgIpc) is 3.46. The second kappa shape index (κ2) is 14.7. The largest absolute Gasteiger partial charge is 0.327 e. The van der Waals surface area contributed by atoms with Crippen molar-refractivity contribution in [2.45, 2.75) is 71.6 Å². The minimum atomic E-state index is -4.03. The molecule has 0 spiro atoms. The zero-order valence-electron chi connectivity index (χ0n) is 32.8. The number of benzene rings is 4. The van der Waals surface area contributed by atoms with Gasteiger partial charge in [0.25, 0.3) is 25.9 Å². The lowest BCUT2D eigenvalue weighted by molar-refractivity contribution is -0.415. The van der Waals surface area contributed by atoms with E-state index in [1.807, 2.05) is 97.1 Å². The third-order valence-electron chi connectivity index (χ3n) is 11.0. The predicted octanol–water partition coefficient (Wildman–Crippen LogP) is 8.06. The van der Waals surface area contributed by atoms with Crippen LogP contribution in [0.4, 0.5) is 11.4 Å². The summed E-state index contributed by atoms with van der Waals surface area (Å²) < 4.78 is 58.9. The van der Waals surface area contributed by atoms with Gasteiger partial charge in [0.05, 0.1) is 5.41 Å². The summed E-state index contributed by atoms with van der Waals surface area (Å²) in [7, 11) is -8.06. The number of nitrogens with one attached hydrogen (secondary N) is 2. The van der Waals surface area contributed by atoms with Crippen LogP contribution < -0.4 is 14.3 Å². The lowest BCUT2D eigenvalue weighted by Crippen LogP contribution is -2.39. The molecule has 1 aliphatic carbocycles. The minimum Gasteiger partial charge on any atom is -0.327 e. The highest BCUT2D eigenvalue weighted by Crippen LogP contribution is 2.51. The van der Waals surface area contributed by atoms with Gasteiger partial charge < -0.3 is 4.90 Å². The zero-order chi connectivity index (χ0) is 41.1. The van der Waals surface area contributed by atoms with Crippen LogP contribution in [0.5, 0.6) is 0 Å². The number of hydrogen-bond donors (Lipinski definition) is 2. The van der Waals surface area contributed by atoms with Crippen molar-refractivity contribution < 1.29 is 31.0 Å². The normalized spacial score (nSPS) is 19.2. The number of anilines is 1. The van der Waals surface area contributed by atoms with E-state index in [1.54, 1.807) is 9.48 Å². The van der Waals surface area contributed by atoms with E-state index >= 15 is 0 Å². The average molecular weight is 826 g/mol. The summed E-state index contributed by atoms with van der Waals surface area (Å²) in [6.45, 7) is 10.6. The summed E-state index contributed by atoms with van der Waals surface area (Å²) in [4.78, 5) is 25.5. The molecule has 296 valence electrons. The number of rotatable bonds is 9. The molecule has 7 rings (SSSR count). The van der Waals surface area contributed by atoms with Crippen LogP contribution in [0.1, 0.15) is 71.9 Å². The monoisotopic (exact) mass is 825 g/mol. The molecule has 2 heterocycles. The first-order valence-electron chi connectivity index (χ1n) is 18.8. The number of fused-ring (bicyclic) bond motifs is 6. The van der Waals surface area contributed by atoms with Crippen molar-refractivity contribution in [3.05, 3.63) is 130 Å². The van der Waals surface area contributed by atoms with Gasteiger partial charge >= 0.3 is 0 Å². The van der Waals surface area contributed by atoms with Gasteiger partial charge in [0.1, 0.15) is 5.88 Å². The van der Waals surface area contributed by atoms with Crippen molar-refractivity contribution in [1.82, 2.24) is 9.44 Å². The van der Waals surface area contributed by atoms with Crippen LogP contribution in [-0.4, -0.2) is 50.7 Å². The van der Waals surface area contributed by atoms with E-state index in [2.05, 4.69) is 37.1 Å². The first-order valence-corrected chi connectivity index (χ1v) is 22.5. The maximum Gasteiger partial charge on any atom is 0.296 e. The second-order valence-electron chi connectivity index (χ2n) is 15.9. The number of halogens is 1. The van der Waals surface area contributed by atoms with Crippen LogP contribution >= 0.6 is 11.6 Å². The topological polar surface area (TPSA) is 133 Å². The van der Waals surface area contributed by atoms with Gasteiger partial charge in [-0.05, 0) is 89.6 Å². The Balaban J connectivity index is 1.31. The van der Waals surface area contributed by atoms with Gasteiger partial charge in [-0.25, -0.2) is 13.1 Å². The van der Waals surface area contributed by atoms with E-state index in [-0.39, 0.29) is 0 Å². The molecule has 2 amide bonds. The smallest absolute Gasteiger partial charge is 0.296 e. The molecule has 10 nitrogen and oxygen atoms in total. The fraction of sp³-hybridized carbons (Fsp3) is 0.295. The number of carbonyl (C=O) groups excluding carboxylic acids is 2. The maximum atomic E-state index is 13.2. The standard InChI is InChI=1S/C44H45ClN4O6S2/c1-28(50)46-56(52,53)26-48-36-22-18-30-12-7-9-16-34(30)40(36)43(3,4)38(48)24-20-32-14-11-15-33(42(32)45)21-25-39-44(5,6)41-35-17-10-8-13-31(35)19-23-37(41)49(39)27-57(54,55)47-29(2)51/h7-10,12-13,16-25H,11,14-15,26-27H2,1-6H3,(H-,46,47,50,51)/p+1. The minimum absolute atomic E-state index is 0.450. The third kappa shape index (κ3) is 7.58. The number of nitrogens with zero attached hydrogens (tertiary/aromatic N) is 2. The van der Waals surface area contributed by atoms with Crippen molar-refractivity contribution in [1.29, 1.82) is 0 Å². The Morgan fingerprint density at radius 1 is 0.754 bits per heavy atom. The first-order chi connectivity index (χ1) is 26.8. The van der Waals surface area contributed by atoms with Gasteiger partial charge in [-0.15, -0.1) is 0 Å². The molecule has 4 aromatic carbocycles. The van der Waals surface area contributed by atoms with Gasteiger partial charge in [0.15, 0.2) is 5.71 Å². The lowest BCUT2D eigenvalue weighted by atomic mass is 9.79. The highest BCUT2D eigenvalue weighted by molar-refractivity contribution is 7.90. The molecule has 0 aromatic heterocycles. The SMILES string of the molecule is CC(=O)NS(=O)(=O)CN1/C(=C/C=C2\CCCC(/C=C/C3=[N+](CS(=O)(=O)NC(C)=O)c4ccc5ccccc5c4C3(C)C)=C2Cl)C(C)(C)c2c1ccc1ccccc21. The summed E-state index contributed by atoms with van der Waals surface area (Å²) in [5.41, 5.74) is 5.51. The molecule has 3 aliphatic rings. The van der Waals surface area contributed by atoms with Gasteiger partial charge in [0.2, 0.25) is 17.5 Å². The molecule has 0 radical (unpaired) electrons. The Kier molecular flexibility index (Phi) is 10.4. The van der Waals surface area contributed by atoms with Gasteiger partial charge in [-0.1, -0.05) is 92.2 Å². The summed E-state index contributed by atoms with van der Waals surface area (Å²) in [5.74, 6) is -2.22. The molecule has 0 saturated heterocycles. The highest BCUT2D eigenvalue weighted by atomic mass is 35.5. The first kappa shape index (κ1) is 40.2. The second-order valence-corrected chi connectivity index (χ2v) is 19.7. The van der Waals surface area contributed by atoms with E-state index in [0.29, 0.717) is 17.9 Å². The van der Waals surface area contributed by atoms with Crippen molar-refractivity contribution in [3.63, 3.8) is 0 Å². The van der Waals surface area contributed by atoms with Gasteiger partial charge in [-0.3, -0.25) is 14.3 Å². The Labute approximate surface area is 339 Å². The Morgan fingerprint density at radius 3 is 2.00 bits per heavy atom. The van der Waals surface area contributed by atoms with Crippen LogP contribution in [0.2, 0.25) is 0 Å². The van der Waals surface area contributed by atoms with E-state index in [9.17, 15) is 26.4 Å².